The Morgan fingerprint density at radius 2 is 2.32 bits per heavy atom. The van der Waals surface area contributed by atoms with Crippen LogP contribution in [0.25, 0.3) is 4.96 Å². The number of fused-ring (bicyclic) bond motifs is 1. The lowest BCUT2D eigenvalue weighted by atomic mass is 10.2. The summed E-state index contributed by atoms with van der Waals surface area (Å²) >= 11 is 1.38. The molecule has 0 aliphatic rings. The Balaban J connectivity index is 2.16. The molecule has 0 fully saturated rings. The van der Waals surface area contributed by atoms with E-state index in [1.165, 1.54) is 15.7 Å². The van der Waals surface area contributed by atoms with Crippen LogP contribution in [-0.2, 0) is 0 Å². The van der Waals surface area contributed by atoms with Gasteiger partial charge in [-0.25, -0.2) is 0 Å². The first-order valence-corrected chi connectivity index (χ1v) is 6.95. The maximum atomic E-state index is 11.2. The minimum Gasteiger partial charge on any atom is -0.396 e. The number of imidazole rings is 1. The van der Waals surface area contributed by atoms with Crippen molar-refractivity contribution < 1.29 is 10.0 Å². The fourth-order valence-electron chi connectivity index (χ4n) is 1.93. The smallest absolute Gasteiger partial charge is 0.373 e. The van der Waals surface area contributed by atoms with E-state index in [2.05, 4.69) is 4.98 Å². The fourth-order valence-corrected chi connectivity index (χ4v) is 2.64. The zero-order valence-corrected chi connectivity index (χ0v) is 11.5. The van der Waals surface area contributed by atoms with E-state index in [0.29, 0.717) is 17.3 Å². The van der Waals surface area contributed by atoms with E-state index in [9.17, 15) is 10.1 Å². The molecule has 0 spiro atoms. The average molecular weight is 284 g/mol. The van der Waals surface area contributed by atoms with Gasteiger partial charge in [-0.15, -0.1) is 0 Å². The number of nitro groups is 1. The van der Waals surface area contributed by atoms with Crippen molar-refractivity contribution in [2.24, 2.45) is 0 Å². The van der Waals surface area contributed by atoms with Crippen molar-refractivity contribution >= 4 is 27.9 Å². The third-order valence-electron chi connectivity index (χ3n) is 2.91. The van der Waals surface area contributed by atoms with E-state index in [-0.39, 0.29) is 12.4 Å². The molecule has 0 radical (unpaired) electrons. The molecule has 0 amide bonds. The highest BCUT2D eigenvalue weighted by molar-refractivity contribution is 7.15. The van der Waals surface area contributed by atoms with Crippen LogP contribution in [0.1, 0.15) is 19.3 Å². The minimum atomic E-state index is -0.397. The van der Waals surface area contributed by atoms with Crippen LogP contribution >= 0.6 is 11.3 Å². The van der Waals surface area contributed by atoms with E-state index in [1.54, 1.807) is 23.5 Å². The van der Waals surface area contributed by atoms with Crippen LogP contribution in [0.3, 0.4) is 0 Å². The molecule has 7 nitrogen and oxygen atoms in total. The zero-order valence-electron chi connectivity index (χ0n) is 10.7. The second-order valence-corrected chi connectivity index (χ2v) is 5.15. The number of aliphatic hydroxyl groups excluding tert-OH is 1. The van der Waals surface area contributed by atoms with Crippen LogP contribution < -0.4 is 4.90 Å². The molecule has 0 aliphatic carbocycles. The minimum absolute atomic E-state index is 0.0147. The number of unbranched alkanes of at least 4 members (excludes halogenated alkanes) is 2. The number of hydrogen-bond acceptors (Lipinski definition) is 6. The van der Waals surface area contributed by atoms with Crippen molar-refractivity contribution in [1.29, 1.82) is 0 Å². The van der Waals surface area contributed by atoms with Crippen LogP contribution in [0.2, 0.25) is 0 Å². The normalized spacial score (nSPS) is 11.1. The van der Waals surface area contributed by atoms with Gasteiger partial charge in [-0.3, -0.25) is 0 Å². The Labute approximate surface area is 114 Å². The fraction of sp³-hybridized carbons (Fsp3) is 0.545. The van der Waals surface area contributed by atoms with Crippen molar-refractivity contribution in [3.05, 3.63) is 21.7 Å². The van der Waals surface area contributed by atoms with Gasteiger partial charge >= 0.3 is 5.82 Å². The number of nitrogens with zero attached hydrogens (tertiary/aromatic N) is 4. The van der Waals surface area contributed by atoms with Gasteiger partial charge in [0.05, 0.1) is 0 Å². The third kappa shape index (κ3) is 2.85. The van der Waals surface area contributed by atoms with Gasteiger partial charge in [-0.2, -0.15) is 9.38 Å². The summed E-state index contributed by atoms with van der Waals surface area (Å²) in [5, 5.41) is 21.7. The van der Waals surface area contributed by atoms with Gasteiger partial charge in [-0.1, -0.05) is 11.3 Å². The van der Waals surface area contributed by atoms with E-state index < -0.39 is 4.92 Å². The van der Waals surface area contributed by atoms with Gasteiger partial charge in [0.2, 0.25) is 5.82 Å². The highest BCUT2D eigenvalue weighted by Gasteiger charge is 2.25. The van der Waals surface area contributed by atoms with Gasteiger partial charge in [-0.05, 0) is 24.2 Å². The summed E-state index contributed by atoms with van der Waals surface area (Å²) < 4.78 is 1.50. The molecule has 0 bridgehead atoms. The lowest BCUT2D eigenvalue weighted by Gasteiger charge is -2.15. The predicted molar refractivity (Wildman–Crippen MR) is 73.9 cm³/mol. The van der Waals surface area contributed by atoms with Crippen LogP contribution in [0.5, 0.6) is 0 Å². The van der Waals surface area contributed by atoms with Gasteiger partial charge in [0.25, 0.3) is 4.96 Å². The summed E-state index contributed by atoms with van der Waals surface area (Å²) in [6.45, 7) is 0.871. The second-order valence-electron chi connectivity index (χ2n) is 4.28. The first-order chi connectivity index (χ1) is 9.15. The summed E-state index contributed by atoms with van der Waals surface area (Å²) in [5.41, 5.74) is 0. The number of aliphatic hydroxyl groups is 1. The molecule has 104 valence electrons. The summed E-state index contributed by atoms with van der Waals surface area (Å²) in [6, 6.07) is 0. The first-order valence-electron chi connectivity index (χ1n) is 6.07. The number of rotatable bonds is 7. The van der Waals surface area contributed by atoms with Crippen LogP contribution in [0, 0.1) is 10.1 Å². The van der Waals surface area contributed by atoms with Crippen LogP contribution in [-0.4, -0.2) is 39.6 Å². The lowest BCUT2D eigenvalue weighted by molar-refractivity contribution is -0.389. The monoisotopic (exact) mass is 284 g/mol. The molecule has 2 aromatic rings. The Kier molecular flexibility index (Phi) is 4.33. The molecule has 8 heteroatoms. The molecular formula is C11H16N4O3S. The Hall–Kier alpha value is -1.67. The Morgan fingerprint density at radius 3 is 3.00 bits per heavy atom. The zero-order chi connectivity index (χ0) is 13.8. The summed E-state index contributed by atoms with van der Waals surface area (Å²) in [6.07, 6.45) is 4.19. The van der Waals surface area contributed by atoms with E-state index >= 15 is 0 Å². The van der Waals surface area contributed by atoms with E-state index in [0.717, 1.165) is 19.3 Å². The van der Waals surface area contributed by atoms with E-state index in [1.807, 2.05) is 0 Å². The highest BCUT2D eigenvalue weighted by Crippen LogP contribution is 2.30. The number of thiazole rings is 1. The molecule has 0 saturated carbocycles. The topological polar surface area (TPSA) is 83.9 Å². The number of aromatic nitrogens is 2. The molecule has 0 aromatic carbocycles. The maximum Gasteiger partial charge on any atom is 0.373 e. The molecule has 2 aromatic heterocycles. The quantitative estimate of drug-likeness (QED) is 0.477. The number of anilines is 1. The summed E-state index contributed by atoms with van der Waals surface area (Å²) in [4.78, 5) is 17.5. The van der Waals surface area contributed by atoms with Crippen molar-refractivity contribution in [1.82, 2.24) is 9.38 Å². The van der Waals surface area contributed by atoms with Crippen molar-refractivity contribution in [3.63, 3.8) is 0 Å². The highest BCUT2D eigenvalue weighted by atomic mass is 32.1. The van der Waals surface area contributed by atoms with Gasteiger partial charge in [0.15, 0.2) is 0 Å². The lowest BCUT2D eigenvalue weighted by Crippen LogP contribution is -2.20. The predicted octanol–water partition coefficient (Wildman–Crippen LogP) is 1.90. The average Bonchev–Trinajstić information content (AvgIpc) is 2.93. The van der Waals surface area contributed by atoms with Crippen LogP contribution in [0.4, 0.5) is 11.6 Å². The molecule has 0 unspecified atom stereocenters. The SMILES string of the molecule is CN(CCCCCO)c1nc2sccn2c1[N+](=O)[O-]. The standard InChI is InChI=1S/C11H16N4O3S/c1-13(5-3-2-4-7-16)9-10(15(17)18)14-6-8-19-11(14)12-9/h6,8,16H,2-5,7H2,1H3. The third-order valence-corrected chi connectivity index (χ3v) is 3.66. The van der Waals surface area contributed by atoms with E-state index in [4.69, 9.17) is 5.11 Å². The van der Waals surface area contributed by atoms with Crippen molar-refractivity contribution in [3.8, 4) is 0 Å². The number of hydrogen-bond donors (Lipinski definition) is 1. The molecule has 1 N–H and O–H groups in total. The second kappa shape index (κ2) is 5.98. The van der Waals surface area contributed by atoms with Gasteiger partial charge < -0.3 is 20.1 Å². The van der Waals surface area contributed by atoms with Crippen molar-refractivity contribution in [2.45, 2.75) is 19.3 Å². The Morgan fingerprint density at radius 1 is 1.53 bits per heavy atom. The first kappa shape index (κ1) is 13.8. The maximum absolute atomic E-state index is 11.2. The molecule has 0 saturated heterocycles. The largest absolute Gasteiger partial charge is 0.396 e. The molecule has 19 heavy (non-hydrogen) atoms. The Bertz CT molecular complexity index is 565. The molecule has 0 aliphatic heterocycles. The molecule has 2 rings (SSSR count). The summed E-state index contributed by atoms with van der Waals surface area (Å²) in [5.74, 6) is 0.418. The van der Waals surface area contributed by atoms with Crippen molar-refractivity contribution in [2.75, 3.05) is 25.1 Å². The van der Waals surface area contributed by atoms with Gasteiger partial charge in [0, 0.05) is 25.6 Å². The van der Waals surface area contributed by atoms with Gasteiger partial charge in [0.1, 0.15) is 6.20 Å². The van der Waals surface area contributed by atoms with Crippen LogP contribution in [0.15, 0.2) is 11.6 Å². The molecular weight excluding hydrogens is 268 g/mol. The molecule has 0 atom stereocenters. The molecule has 2 heterocycles. The summed E-state index contributed by atoms with van der Waals surface area (Å²) in [7, 11) is 1.80.